The van der Waals surface area contributed by atoms with Crippen LogP contribution in [0.1, 0.15) is 12.8 Å². The third-order valence-corrected chi connectivity index (χ3v) is 2.50. The lowest BCUT2D eigenvalue weighted by Gasteiger charge is -2.26. The van der Waals surface area contributed by atoms with E-state index in [2.05, 4.69) is 20.2 Å². The van der Waals surface area contributed by atoms with E-state index in [9.17, 15) is 9.59 Å². The van der Waals surface area contributed by atoms with Crippen LogP contribution in [0.15, 0.2) is 18.5 Å². The van der Waals surface area contributed by atoms with Crippen LogP contribution in [-0.4, -0.2) is 58.3 Å². The molecule has 0 spiro atoms. The van der Waals surface area contributed by atoms with Gasteiger partial charge in [-0.05, 0) is 6.07 Å². The van der Waals surface area contributed by atoms with Crippen LogP contribution < -0.4 is 10.2 Å². The molecular weight excluding hydrogens is 264 g/mol. The van der Waals surface area contributed by atoms with Gasteiger partial charge in [-0.25, -0.2) is 9.97 Å². The minimum Gasteiger partial charge on any atom is -0.481 e. The van der Waals surface area contributed by atoms with Gasteiger partial charge < -0.3 is 20.4 Å². The number of aliphatic carboxylic acids is 2. The van der Waals surface area contributed by atoms with Gasteiger partial charge in [0.05, 0.1) is 12.8 Å². The number of hydrogen-bond acceptors (Lipinski definition) is 6. The maximum Gasteiger partial charge on any atom is 0.303 e. The standard InChI is InChI=1S/C8H12N4.C4H6O4/c1-2-10-8(11-3-1)12-6-4-9-5-7-12;5-3(6)1-2-4(7)8/h1-3,9H,4-7H2;1-2H2,(H,5,6)(H,7,8). The van der Waals surface area contributed by atoms with Crippen LogP contribution in [0.2, 0.25) is 0 Å². The van der Waals surface area contributed by atoms with E-state index in [1.807, 2.05) is 6.07 Å². The Bertz CT molecular complexity index is 407. The molecule has 0 saturated carbocycles. The summed E-state index contributed by atoms with van der Waals surface area (Å²) in [5.41, 5.74) is 0. The first-order valence-corrected chi connectivity index (χ1v) is 6.26. The van der Waals surface area contributed by atoms with Crippen LogP contribution in [0.4, 0.5) is 5.95 Å². The minimum absolute atomic E-state index is 0.296. The summed E-state index contributed by atoms with van der Waals surface area (Å²) in [6.45, 7) is 4.06. The summed E-state index contributed by atoms with van der Waals surface area (Å²) in [5, 5.41) is 19.1. The molecule has 0 atom stereocenters. The van der Waals surface area contributed by atoms with Crippen molar-refractivity contribution in [3.05, 3.63) is 18.5 Å². The Morgan fingerprint density at radius 3 is 2.05 bits per heavy atom. The Morgan fingerprint density at radius 1 is 1.10 bits per heavy atom. The first kappa shape index (κ1) is 15.8. The van der Waals surface area contributed by atoms with E-state index >= 15 is 0 Å². The lowest BCUT2D eigenvalue weighted by atomic mass is 10.3. The first-order chi connectivity index (χ1) is 9.59. The van der Waals surface area contributed by atoms with Crippen LogP contribution >= 0.6 is 0 Å². The predicted molar refractivity (Wildman–Crippen MR) is 71.6 cm³/mol. The average molecular weight is 282 g/mol. The van der Waals surface area contributed by atoms with E-state index in [0.29, 0.717) is 0 Å². The van der Waals surface area contributed by atoms with Crippen LogP contribution in [0.5, 0.6) is 0 Å². The Balaban J connectivity index is 0.000000221. The summed E-state index contributed by atoms with van der Waals surface area (Å²) >= 11 is 0. The highest BCUT2D eigenvalue weighted by molar-refractivity contribution is 5.75. The third-order valence-electron chi connectivity index (χ3n) is 2.50. The van der Waals surface area contributed by atoms with E-state index in [-0.39, 0.29) is 12.8 Å². The summed E-state index contributed by atoms with van der Waals surface area (Å²) in [7, 11) is 0. The van der Waals surface area contributed by atoms with Gasteiger partial charge in [-0.1, -0.05) is 0 Å². The Labute approximate surface area is 116 Å². The van der Waals surface area contributed by atoms with Crippen molar-refractivity contribution in [3.8, 4) is 0 Å². The molecule has 8 heteroatoms. The van der Waals surface area contributed by atoms with Crippen molar-refractivity contribution >= 4 is 17.9 Å². The molecule has 1 saturated heterocycles. The molecule has 2 rings (SSSR count). The number of carboxylic acids is 2. The zero-order chi connectivity index (χ0) is 14.8. The molecule has 1 aliphatic rings. The topological polar surface area (TPSA) is 116 Å². The van der Waals surface area contributed by atoms with Crippen molar-refractivity contribution in [1.29, 1.82) is 0 Å². The van der Waals surface area contributed by atoms with E-state index in [4.69, 9.17) is 10.2 Å². The molecule has 8 nitrogen and oxygen atoms in total. The van der Waals surface area contributed by atoms with Crippen molar-refractivity contribution < 1.29 is 19.8 Å². The number of aromatic nitrogens is 2. The maximum absolute atomic E-state index is 9.64. The van der Waals surface area contributed by atoms with E-state index < -0.39 is 11.9 Å². The highest BCUT2D eigenvalue weighted by Crippen LogP contribution is 2.04. The van der Waals surface area contributed by atoms with E-state index in [1.54, 1.807) is 12.4 Å². The van der Waals surface area contributed by atoms with Crippen LogP contribution in [0.25, 0.3) is 0 Å². The van der Waals surface area contributed by atoms with Gasteiger partial charge in [0.2, 0.25) is 5.95 Å². The summed E-state index contributed by atoms with van der Waals surface area (Å²) in [6.07, 6.45) is 2.97. The van der Waals surface area contributed by atoms with Crippen LogP contribution in [-0.2, 0) is 9.59 Å². The third kappa shape index (κ3) is 6.64. The van der Waals surface area contributed by atoms with Gasteiger partial charge in [0.25, 0.3) is 0 Å². The number of piperazine rings is 1. The number of carbonyl (C=O) groups is 2. The first-order valence-electron chi connectivity index (χ1n) is 6.26. The zero-order valence-corrected chi connectivity index (χ0v) is 11.0. The summed E-state index contributed by atoms with van der Waals surface area (Å²) in [6, 6.07) is 1.84. The number of hydrogen-bond donors (Lipinski definition) is 3. The Morgan fingerprint density at radius 2 is 1.60 bits per heavy atom. The summed E-state index contributed by atoms with van der Waals surface area (Å²) in [4.78, 5) is 29.9. The zero-order valence-electron chi connectivity index (χ0n) is 11.0. The molecule has 1 aromatic rings. The summed E-state index contributed by atoms with van der Waals surface area (Å²) in [5.74, 6) is -1.31. The van der Waals surface area contributed by atoms with Crippen molar-refractivity contribution in [2.45, 2.75) is 12.8 Å². The molecule has 1 aliphatic heterocycles. The highest BCUT2D eigenvalue weighted by Gasteiger charge is 2.11. The molecule has 110 valence electrons. The maximum atomic E-state index is 9.64. The Hall–Kier alpha value is -2.22. The number of anilines is 1. The monoisotopic (exact) mass is 282 g/mol. The fraction of sp³-hybridized carbons (Fsp3) is 0.500. The molecule has 0 bridgehead atoms. The van der Waals surface area contributed by atoms with Crippen molar-refractivity contribution in [2.75, 3.05) is 31.1 Å². The minimum atomic E-state index is -1.08. The molecule has 20 heavy (non-hydrogen) atoms. The van der Waals surface area contributed by atoms with E-state index in [0.717, 1.165) is 32.1 Å². The number of carboxylic acid groups (broad SMARTS) is 2. The molecule has 0 aliphatic carbocycles. The van der Waals surface area contributed by atoms with Gasteiger partial charge >= 0.3 is 11.9 Å². The number of nitrogens with one attached hydrogen (secondary N) is 1. The lowest BCUT2D eigenvalue weighted by molar-refractivity contribution is -0.143. The predicted octanol–water partition coefficient (Wildman–Crippen LogP) is -0.178. The van der Waals surface area contributed by atoms with Gasteiger partial charge in [-0.2, -0.15) is 0 Å². The average Bonchev–Trinajstić information content (AvgIpc) is 2.48. The normalized spacial score (nSPS) is 14.1. The van der Waals surface area contributed by atoms with Gasteiger partial charge in [0.1, 0.15) is 0 Å². The van der Waals surface area contributed by atoms with Gasteiger partial charge in [-0.3, -0.25) is 9.59 Å². The second-order valence-corrected chi connectivity index (χ2v) is 4.07. The smallest absolute Gasteiger partial charge is 0.303 e. The van der Waals surface area contributed by atoms with E-state index in [1.165, 1.54) is 0 Å². The van der Waals surface area contributed by atoms with Crippen molar-refractivity contribution in [3.63, 3.8) is 0 Å². The second-order valence-electron chi connectivity index (χ2n) is 4.07. The molecule has 0 amide bonds. The quantitative estimate of drug-likeness (QED) is 0.696. The number of rotatable bonds is 4. The van der Waals surface area contributed by atoms with Crippen LogP contribution in [0, 0.1) is 0 Å². The van der Waals surface area contributed by atoms with Crippen molar-refractivity contribution in [2.24, 2.45) is 0 Å². The highest BCUT2D eigenvalue weighted by atomic mass is 16.4. The molecular formula is C12H18N4O4. The Kier molecular flexibility index (Phi) is 6.97. The molecule has 3 N–H and O–H groups in total. The fourth-order valence-corrected chi connectivity index (χ4v) is 1.53. The molecule has 2 heterocycles. The van der Waals surface area contributed by atoms with Gasteiger partial charge in [-0.15, -0.1) is 0 Å². The second kappa shape index (κ2) is 8.81. The number of nitrogens with zero attached hydrogens (tertiary/aromatic N) is 3. The lowest BCUT2D eigenvalue weighted by Crippen LogP contribution is -2.44. The molecule has 1 fully saturated rings. The van der Waals surface area contributed by atoms with Crippen LogP contribution in [0.3, 0.4) is 0 Å². The molecule has 0 radical (unpaired) electrons. The van der Waals surface area contributed by atoms with Gasteiger partial charge in [0.15, 0.2) is 0 Å². The molecule has 0 unspecified atom stereocenters. The SMILES string of the molecule is O=C(O)CCC(=O)O.c1cnc(N2CCNCC2)nc1. The van der Waals surface area contributed by atoms with Gasteiger partial charge in [0, 0.05) is 38.6 Å². The largest absolute Gasteiger partial charge is 0.481 e. The molecule has 0 aromatic carbocycles. The fourth-order valence-electron chi connectivity index (χ4n) is 1.53. The molecule has 1 aromatic heterocycles. The van der Waals surface area contributed by atoms with Crippen molar-refractivity contribution in [1.82, 2.24) is 15.3 Å². The summed E-state index contributed by atoms with van der Waals surface area (Å²) < 4.78 is 0.